The third-order valence-electron chi connectivity index (χ3n) is 4.49. The fourth-order valence-electron chi connectivity index (χ4n) is 3.26. The van der Waals surface area contributed by atoms with E-state index in [-0.39, 0.29) is 24.0 Å². The Bertz CT molecular complexity index is 1080. The summed E-state index contributed by atoms with van der Waals surface area (Å²) in [6, 6.07) is 11.3. The average Bonchev–Trinajstić information content (AvgIpc) is 3.18. The summed E-state index contributed by atoms with van der Waals surface area (Å²) in [6.07, 6.45) is 5.78. The molecule has 0 saturated carbocycles. The first-order chi connectivity index (χ1) is 13.1. The average molecular weight is 529 g/mol. The van der Waals surface area contributed by atoms with Crippen molar-refractivity contribution >= 4 is 46.1 Å². The maximum Gasteiger partial charge on any atom is 0.374 e. The van der Waals surface area contributed by atoms with Crippen molar-refractivity contribution in [2.75, 3.05) is 11.4 Å². The second-order valence-electron chi connectivity index (χ2n) is 6.12. The van der Waals surface area contributed by atoms with Crippen LogP contribution in [0.3, 0.4) is 0 Å². The van der Waals surface area contributed by atoms with Crippen LogP contribution in [0.5, 0.6) is 5.75 Å². The van der Waals surface area contributed by atoms with Crippen LogP contribution in [0.1, 0.15) is 19.7 Å². The standard InChI is InChI=1S/C21H19Cl2N2O2.HI/c1-3-24-16-12-14(22)8-10-18(16)26-20(24)6-5-7-21-25(4-2)17-13-15(23)9-11-19(17)27-21;/h5-13H,3-4H2,1-2H3;1H/q+1;/p-1. The first-order valence-corrected chi connectivity index (χ1v) is 9.61. The SMILES string of the molecule is CCN1/C(=C/C=C/c2oc3ccc(Cl)cc3[n+]2CC)Oc2ccc(Cl)cc21.[I-]. The fourth-order valence-corrected chi connectivity index (χ4v) is 3.59. The lowest BCUT2D eigenvalue weighted by Gasteiger charge is -2.15. The Morgan fingerprint density at radius 1 is 1.07 bits per heavy atom. The Balaban J connectivity index is 0.00000225. The summed E-state index contributed by atoms with van der Waals surface area (Å²) < 4.78 is 14.0. The number of hydrogen-bond donors (Lipinski definition) is 0. The molecule has 7 heteroatoms. The molecule has 146 valence electrons. The molecule has 2 heterocycles. The van der Waals surface area contributed by atoms with Crippen molar-refractivity contribution in [1.29, 1.82) is 0 Å². The minimum atomic E-state index is 0. The first kappa shape index (κ1) is 21.0. The van der Waals surface area contributed by atoms with Gasteiger partial charge in [-0.05, 0) is 56.3 Å². The smallest absolute Gasteiger partial charge is 0.374 e. The molecule has 3 aromatic rings. The highest BCUT2D eigenvalue weighted by molar-refractivity contribution is 6.31. The number of ether oxygens (including phenoxy) is 1. The van der Waals surface area contributed by atoms with E-state index in [0.29, 0.717) is 10.0 Å². The van der Waals surface area contributed by atoms with Gasteiger partial charge in [0.15, 0.2) is 5.75 Å². The number of rotatable bonds is 4. The lowest BCUT2D eigenvalue weighted by atomic mass is 10.3. The van der Waals surface area contributed by atoms with Crippen LogP contribution in [-0.2, 0) is 6.54 Å². The Morgan fingerprint density at radius 2 is 1.82 bits per heavy atom. The van der Waals surface area contributed by atoms with Gasteiger partial charge in [0.05, 0.1) is 11.8 Å². The van der Waals surface area contributed by atoms with E-state index in [0.717, 1.165) is 47.4 Å². The molecule has 28 heavy (non-hydrogen) atoms. The molecule has 4 nitrogen and oxygen atoms in total. The molecular formula is C21H19Cl2IN2O2. The van der Waals surface area contributed by atoms with E-state index < -0.39 is 0 Å². The molecule has 1 aliphatic heterocycles. The predicted octanol–water partition coefficient (Wildman–Crippen LogP) is 2.82. The quantitative estimate of drug-likeness (QED) is 0.385. The number of aryl methyl sites for hydroxylation is 1. The molecular weight excluding hydrogens is 510 g/mol. The number of nitrogens with zero attached hydrogens (tertiary/aromatic N) is 2. The van der Waals surface area contributed by atoms with Crippen molar-refractivity contribution in [1.82, 2.24) is 0 Å². The number of oxazole rings is 1. The second-order valence-corrected chi connectivity index (χ2v) is 6.99. The molecule has 0 bridgehead atoms. The molecule has 0 atom stereocenters. The van der Waals surface area contributed by atoms with Crippen LogP contribution < -0.4 is 38.2 Å². The minimum Gasteiger partial charge on any atom is -1.00 e. The van der Waals surface area contributed by atoms with Crippen LogP contribution in [0.25, 0.3) is 17.2 Å². The number of halogens is 3. The fraction of sp³-hybridized carbons (Fsp3) is 0.190. The van der Waals surface area contributed by atoms with Gasteiger partial charge in [-0.3, -0.25) is 0 Å². The lowest BCUT2D eigenvalue weighted by molar-refractivity contribution is -0.674. The summed E-state index contributed by atoms with van der Waals surface area (Å²) in [4.78, 5) is 2.08. The van der Waals surface area contributed by atoms with Gasteiger partial charge in [-0.15, -0.1) is 0 Å². The minimum absolute atomic E-state index is 0. The number of anilines is 1. The number of hydrogen-bond acceptors (Lipinski definition) is 3. The summed E-state index contributed by atoms with van der Waals surface area (Å²) in [7, 11) is 0. The van der Waals surface area contributed by atoms with Gasteiger partial charge < -0.3 is 38.0 Å². The van der Waals surface area contributed by atoms with Crippen molar-refractivity contribution in [3.63, 3.8) is 0 Å². The highest BCUT2D eigenvalue weighted by Gasteiger charge is 2.25. The third-order valence-corrected chi connectivity index (χ3v) is 4.96. The molecule has 0 aliphatic carbocycles. The zero-order chi connectivity index (χ0) is 19.0. The molecule has 1 aromatic heterocycles. The van der Waals surface area contributed by atoms with Gasteiger partial charge in [0.25, 0.3) is 5.52 Å². The maximum absolute atomic E-state index is 6.12. The van der Waals surface area contributed by atoms with Crippen LogP contribution in [-0.4, -0.2) is 6.54 Å². The van der Waals surface area contributed by atoms with Gasteiger partial charge in [-0.1, -0.05) is 23.2 Å². The molecule has 0 radical (unpaired) electrons. The van der Waals surface area contributed by atoms with E-state index in [2.05, 4.69) is 23.3 Å². The highest BCUT2D eigenvalue weighted by Crippen LogP contribution is 2.40. The molecule has 0 N–H and O–H groups in total. The molecule has 0 unspecified atom stereocenters. The van der Waals surface area contributed by atoms with E-state index in [1.54, 1.807) is 0 Å². The van der Waals surface area contributed by atoms with Gasteiger partial charge in [-0.2, -0.15) is 4.57 Å². The highest BCUT2D eigenvalue weighted by atomic mass is 127. The van der Waals surface area contributed by atoms with Gasteiger partial charge in [0.1, 0.15) is 6.54 Å². The summed E-state index contributed by atoms with van der Waals surface area (Å²) in [5.41, 5.74) is 2.77. The van der Waals surface area contributed by atoms with Crippen molar-refractivity contribution in [3.05, 3.63) is 70.4 Å². The molecule has 0 fully saturated rings. The molecule has 0 saturated heterocycles. The Hall–Kier alpha value is -1.70. The summed E-state index contributed by atoms with van der Waals surface area (Å²) in [5, 5.41) is 1.38. The van der Waals surface area contributed by atoms with Crippen molar-refractivity contribution in [2.45, 2.75) is 20.4 Å². The van der Waals surface area contributed by atoms with Crippen LogP contribution >= 0.6 is 23.2 Å². The summed E-state index contributed by atoms with van der Waals surface area (Å²) >= 11 is 12.2. The number of benzene rings is 2. The van der Waals surface area contributed by atoms with Crippen LogP contribution in [0.15, 0.2) is 58.9 Å². The predicted molar refractivity (Wildman–Crippen MR) is 109 cm³/mol. The van der Waals surface area contributed by atoms with Crippen LogP contribution in [0.4, 0.5) is 5.69 Å². The van der Waals surface area contributed by atoms with Crippen molar-refractivity contribution in [3.8, 4) is 5.75 Å². The van der Waals surface area contributed by atoms with E-state index in [1.807, 2.05) is 54.6 Å². The monoisotopic (exact) mass is 528 g/mol. The molecule has 0 amide bonds. The van der Waals surface area contributed by atoms with E-state index >= 15 is 0 Å². The Morgan fingerprint density at radius 3 is 2.57 bits per heavy atom. The van der Waals surface area contributed by atoms with Crippen molar-refractivity contribution < 1.29 is 37.7 Å². The topological polar surface area (TPSA) is 29.5 Å². The largest absolute Gasteiger partial charge is 1.00 e. The lowest BCUT2D eigenvalue weighted by Crippen LogP contribution is -3.00. The number of allylic oxidation sites excluding steroid dienone is 2. The van der Waals surface area contributed by atoms with Crippen LogP contribution in [0, 0.1) is 0 Å². The summed E-state index contributed by atoms with van der Waals surface area (Å²) in [6.45, 7) is 5.71. The Kier molecular flexibility index (Phi) is 6.58. The third kappa shape index (κ3) is 3.88. The normalized spacial score (nSPS) is 14.6. The van der Waals surface area contributed by atoms with Crippen LogP contribution in [0.2, 0.25) is 10.0 Å². The Labute approximate surface area is 191 Å². The zero-order valence-electron chi connectivity index (χ0n) is 15.5. The summed E-state index contributed by atoms with van der Waals surface area (Å²) in [5.74, 6) is 2.32. The van der Waals surface area contributed by atoms with Crippen molar-refractivity contribution in [2.24, 2.45) is 0 Å². The zero-order valence-corrected chi connectivity index (χ0v) is 19.1. The molecule has 0 spiro atoms. The van der Waals surface area contributed by atoms with E-state index in [4.69, 9.17) is 32.4 Å². The second kappa shape index (κ2) is 8.76. The van der Waals surface area contributed by atoms with Gasteiger partial charge in [0, 0.05) is 22.7 Å². The molecule has 2 aromatic carbocycles. The number of aromatic nitrogens is 1. The van der Waals surface area contributed by atoms with E-state index in [9.17, 15) is 0 Å². The maximum atomic E-state index is 6.12. The van der Waals surface area contributed by atoms with Gasteiger partial charge >= 0.3 is 5.89 Å². The number of fused-ring (bicyclic) bond motifs is 2. The van der Waals surface area contributed by atoms with Gasteiger partial charge in [-0.25, -0.2) is 0 Å². The van der Waals surface area contributed by atoms with Gasteiger partial charge in [0.2, 0.25) is 11.5 Å². The molecule has 1 aliphatic rings. The first-order valence-electron chi connectivity index (χ1n) is 8.86. The molecule has 4 rings (SSSR count). The van der Waals surface area contributed by atoms with E-state index in [1.165, 1.54) is 0 Å².